The topological polar surface area (TPSA) is 119 Å². The Kier molecular flexibility index (Phi) is 8.72. The third-order valence-electron chi connectivity index (χ3n) is 11.3. The van der Waals surface area contributed by atoms with E-state index in [1.165, 1.54) is 7.11 Å². The molecule has 0 aliphatic heterocycles. The number of rotatable bonds is 9. The van der Waals surface area contributed by atoms with Crippen LogP contribution >= 0.6 is 0 Å². The number of carbonyl (C=O) groups is 1. The first-order chi connectivity index (χ1) is 17.3. The van der Waals surface area contributed by atoms with Gasteiger partial charge in [0.15, 0.2) is 0 Å². The fraction of sp³-hybridized carbons (Fsp3) is 0.964. The quantitative estimate of drug-likeness (QED) is 0.257. The Morgan fingerprint density at radius 3 is 2.46 bits per heavy atom. The van der Waals surface area contributed by atoms with Crippen molar-refractivity contribution in [3.8, 4) is 0 Å². The van der Waals surface area contributed by atoms with E-state index in [-0.39, 0.29) is 53.9 Å². The Morgan fingerprint density at radius 2 is 1.78 bits per heavy atom. The number of hydrogen-bond donors (Lipinski definition) is 2. The third-order valence-corrected chi connectivity index (χ3v) is 11.9. The predicted octanol–water partition coefficient (Wildman–Crippen LogP) is 3.54. The van der Waals surface area contributed by atoms with Crippen molar-refractivity contribution < 1.29 is 37.1 Å². The fourth-order valence-electron chi connectivity index (χ4n) is 9.32. The normalized spacial score (nSPS) is 44.4. The van der Waals surface area contributed by atoms with E-state index < -0.39 is 22.3 Å². The summed E-state index contributed by atoms with van der Waals surface area (Å²) in [5, 5.41) is 23.3. The molecule has 4 rings (SSSR count). The van der Waals surface area contributed by atoms with Crippen LogP contribution in [0.4, 0.5) is 0 Å². The van der Waals surface area contributed by atoms with Crippen molar-refractivity contribution in [3.63, 3.8) is 0 Å². The van der Waals surface area contributed by atoms with Gasteiger partial charge in [-0.25, -0.2) is 0 Å². The lowest BCUT2D eigenvalue weighted by atomic mass is 9.43. The van der Waals surface area contributed by atoms with Crippen molar-refractivity contribution in [1.82, 2.24) is 0 Å². The molecule has 4 aliphatic rings. The standard InChI is InChI=1S/C28H48O8S/c1-17(6-9-25(31)34-4)20-7-8-21-26-22(16-24(30)28(20,21)3)27(2)11-10-19(14-18(27)15-23(26)29)35-12-13-36-37(5,32)33/h17-24,26,29-30H,6-16H2,1-5H3/t17-,18?,19+,20-,21+,22+,23-,24+,26+,27?,28-/m1/s1. The van der Waals surface area contributed by atoms with Crippen LogP contribution in [0, 0.1) is 46.3 Å². The second-order valence-electron chi connectivity index (χ2n) is 13.0. The van der Waals surface area contributed by atoms with Gasteiger partial charge >= 0.3 is 5.97 Å². The predicted molar refractivity (Wildman–Crippen MR) is 139 cm³/mol. The van der Waals surface area contributed by atoms with Crippen molar-refractivity contribution in [2.75, 3.05) is 26.6 Å². The summed E-state index contributed by atoms with van der Waals surface area (Å²) in [5.41, 5.74) is -0.204. The molecule has 37 heavy (non-hydrogen) atoms. The second kappa shape index (κ2) is 11.0. The lowest BCUT2D eigenvalue weighted by molar-refractivity contribution is -0.209. The van der Waals surface area contributed by atoms with Gasteiger partial charge in [-0.3, -0.25) is 8.98 Å². The molecule has 2 unspecified atom stereocenters. The van der Waals surface area contributed by atoms with Gasteiger partial charge in [-0.05, 0) is 97.7 Å². The maximum absolute atomic E-state index is 11.8. The zero-order chi connectivity index (χ0) is 27.2. The number of esters is 1. The van der Waals surface area contributed by atoms with Crippen LogP contribution < -0.4 is 0 Å². The Balaban J connectivity index is 1.44. The molecule has 8 nitrogen and oxygen atoms in total. The van der Waals surface area contributed by atoms with Gasteiger partial charge in [0.25, 0.3) is 10.1 Å². The van der Waals surface area contributed by atoms with Gasteiger partial charge in [0.05, 0.1) is 44.9 Å². The first kappa shape index (κ1) is 29.2. The first-order valence-electron chi connectivity index (χ1n) is 14.2. The van der Waals surface area contributed by atoms with Crippen LogP contribution in [0.2, 0.25) is 0 Å². The maximum atomic E-state index is 11.8. The molecule has 4 aliphatic carbocycles. The molecule has 2 N–H and O–H groups in total. The Hall–Kier alpha value is -0.740. The molecule has 0 aromatic heterocycles. The van der Waals surface area contributed by atoms with E-state index in [4.69, 9.17) is 13.7 Å². The SMILES string of the molecule is COC(=O)CC[C@@H](C)[C@H]1CC[C@H]2[C@@H]3[C@H](O)CC4C[C@@H](OCCOS(C)(=O)=O)CCC4(C)[C@H]3C[C@H](O)[C@]12C. The lowest BCUT2D eigenvalue weighted by Gasteiger charge is -2.63. The molecular weight excluding hydrogens is 496 g/mol. The van der Waals surface area contributed by atoms with Crippen LogP contribution in [0.25, 0.3) is 0 Å². The summed E-state index contributed by atoms with van der Waals surface area (Å²) in [6, 6.07) is 0. The minimum atomic E-state index is -3.47. The highest BCUT2D eigenvalue weighted by molar-refractivity contribution is 7.85. The highest BCUT2D eigenvalue weighted by atomic mass is 32.2. The zero-order valence-corrected chi connectivity index (χ0v) is 24.0. The monoisotopic (exact) mass is 544 g/mol. The molecule has 0 spiro atoms. The van der Waals surface area contributed by atoms with Crippen LogP contribution in [-0.2, 0) is 28.6 Å². The van der Waals surface area contributed by atoms with Crippen LogP contribution in [0.5, 0.6) is 0 Å². The smallest absolute Gasteiger partial charge is 0.305 e. The molecule has 0 amide bonds. The third kappa shape index (κ3) is 5.63. The molecule has 4 fully saturated rings. The molecule has 4 saturated carbocycles. The largest absolute Gasteiger partial charge is 0.469 e. The number of fused-ring (bicyclic) bond motifs is 5. The van der Waals surface area contributed by atoms with Gasteiger partial charge < -0.3 is 19.7 Å². The van der Waals surface area contributed by atoms with Crippen LogP contribution in [0.3, 0.4) is 0 Å². The molecular formula is C28H48O8S. The van der Waals surface area contributed by atoms with Gasteiger partial charge in [0.2, 0.25) is 0 Å². The number of carbonyl (C=O) groups excluding carboxylic acids is 1. The molecule has 0 aromatic rings. The van der Waals surface area contributed by atoms with Crippen molar-refractivity contribution in [1.29, 1.82) is 0 Å². The Bertz CT molecular complexity index is 923. The Morgan fingerprint density at radius 1 is 1.05 bits per heavy atom. The summed E-state index contributed by atoms with van der Waals surface area (Å²) < 4.78 is 38.0. The highest BCUT2D eigenvalue weighted by Gasteiger charge is 2.65. The molecule has 0 saturated heterocycles. The van der Waals surface area contributed by atoms with Crippen molar-refractivity contribution >= 4 is 16.1 Å². The summed E-state index contributed by atoms with van der Waals surface area (Å²) in [7, 11) is -2.04. The van der Waals surface area contributed by atoms with Crippen molar-refractivity contribution in [3.05, 3.63) is 0 Å². The average Bonchev–Trinajstić information content (AvgIpc) is 3.19. The molecule has 0 heterocycles. The highest BCUT2D eigenvalue weighted by Crippen LogP contribution is 2.68. The van der Waals surface area contributed by atoms with Crippen molar-refractivity contribution in [2.24, 2.45) is 46.3 Å². The van der Waals surface area contributed by atoms with Crippen molar-refractivity contribution in [2.45, 2.75) is 96.9 Å². The first-order valence-corrected chi connectivity index (χ1v) is 16.0. The van der Waals surface area contributed by atoms with E-state index in [1.807, 2.05) is 0 Å². The molecule has 9 heteroatoms. The minimum Gasteiger partial charge on any atom is -0.469 e. The number of aliphatic hydroxyl groups excluding tert-OH is 2. The molecule has 214 valence electrons. The maximum Gasteiger partial charge on any atom is 0.305 e. The molecule has 0 aromatic carbocycles. The minimum absolute atomic E-state index is 0.0241. The van der Waals surface area contributed by atoms with E-state index >= 15 is 0 Å². The summed E-state index contributed by atoms with van der Waals surface area (Å²) in [5.74, 6) is 1.51. The van der Waals surface area contributed by atoms with Crippen LogP contribution in [0.15, 0.2) is 0 Å². The van der Waals surface area contributed by atoms with E-state index in [0.717, 1.165) is 57.6 Å². The van der Waals surface area contributed by atoms with Gasteiger partial charge in [-0.15, -0.1) is 0 Å². The number of aliphatic hydroxyl groups is 2. The van der Waals surface area contributed by atoms with Gasteiger partial charge in [-0.1, -0.05) is 20.8 Å². The fourth-order valence-corrected chi connectivity index (χ4v) is 9.69. The zero-order valence-electron chi connectivity index (χ0n) is 23.2. The van der Waals surface area contributed by atoms with E-state index in [9.17, 15) is 23.4 Å². The molecule has 0 bridgehead atoms. The van der Waals surface area contributed by atoms with E-state index in [1.54, 1.807) is 0 Å². The van der Waals surface area contributed by atoms with Gasteiger partial charge in [-0.2, -0.15) is 8.42 Å². The second-order valence-corrected chi connectivity index (χ2v) is 14.6. The van der Waals surface area contributed by atoms with Gasteiger partial charge in [0.1, 0.15) is 0 Å². The Labute approximate surface area is 222 Å². The molecule has 11 atom stereocenters. The van der Waals surface area contributed by atoms with Gasteiger partial charge in [0, 0.05) is 6.42 Å². The average molecular weight is 545 g/mol. The summed E-state index contributed by atoms with van der Waals surface area (Å²) in [6.07, 6.45) is 7.69. The van der Waals surface area contributed by atoms with Crippen LogP contribution in [-0.4, -0.2) is 69.5 Å². The number of methoxy groups -OCH3 is 1. The summed E-state index contributed by atoms with van der Waals surface area (Å²) >= 11 is 0. The number of ether oxygens (including phenoxy) is 2. The van der Waals surface area contributed by atoms with E-state index in [0.29, 0.717) is 24.2 Å². The summed E-state index contributed by atoms with van der Waals surface area (Å²) in [6.45, 7) is 7.08. The lowest BCUT2D eigenvalue weighted by Crippen LogP contribution is -2.62. The van der Waals surface area contributed by atoms with E-state index in [2.05, 4.69) is 20.8 Å². The summed E-state index contributed by atoms with van der Waals surface area (Å²) in [4.78, 5) is 11.8. The number of hydrogen-bond acceptors (Lipinski definition) is 8. The molecule has 0 radical (unpaired) electrons. The van der Waals surface area contributed by atoms with Crippen LogP contribution in [0.1, 0.15) is 78.6 Å².